The van der Waals surface area contributed by atoms with Gasteiger partial charge >= 0.3 is 0 Å². The Bertz CT molecular complexity index is 378. The Labute approximate surface area is 117 Å². The first-order valence-corrected chi connectivity index (χ1v) is 7.32. The molecule has 3 nitrogen and oxygen atoms in total. The lowest BCUT2D eigenvalue weighted by molar-refractivity contribution is 0.110. The Morgan fingerprint density at radius 1 is 1.50 bits per heavy atom. The highest BCUT2D eigenvalue weighted by atomic mass is 79.9. The van der Waals surface area contributed by atoms with E-state index in [9.17, 15) is 0 Å². The van der Waals surface area contributed by atoms with Crippen LogP contribution in [0.3, 0.4) is 0 Å². The maximum absolute atomic E-state index is 5.62. The predicted octanol–water partition coefficient (Wildman–Crippen LogP) is 3.12. The zero-order valence-electron chi connectivity index (χ0n) is 10.7. The van der Waals surface area contributed by atoms with Crippen molar-refractivity contribution in [3.05, 3.63) is 28.2 Å². The van der Waals surface area contributed by atoms with Gasteiger partial charge in [0.15, 0.2) is 0 Å². The smallest absolute Gasteiger partial charge is 0.123 e. The van der Waals surface area contributed by atoms with Crippen molar-refractivity contribution < 1.29 is 9.47 Å². The molecular formula is C14H20BrNO2. The Morgan fingerprint density at radius 3 is 3.11 bits per heavy atom. The summed E-state index contributed by atoms with van der Waals surface area (Å²) in [6.07, 6.45) is 2.74. The summed E-state index contributed by atoms with van der Waals surface area (Å²) in [6.45, 7) is 5.34. The van der Waals surface area contributed by atoms with Gasteiger partial charge in [0.05, 0.1) is 12.7 Å². The summed E-state index contributed by atoms with van der Waals surface area (Å²) in [7, 11) is 0. The Morgan fingerprint density at radius 2 is 2.39 bits per heavy atom. The van der Waals surface area contributed by atoms with Gasteiger partial charge in [0, 0.05) is 29.7 Å². The molecule has 1 aliphatic heterocycles. The van der Waals surface area contributed by atoms with Crippen LogP contribution in [0.15, 0.2) is 22.7 Å². The third-order valence-electron chi connectivity index (χ3n) is 3.03. The Balaban J connectivity index is 1.88. The van der Waals surface area contributed by atoms with Gasteiger partial charge in [0.1, 0.15) is 5.75 Å². The summed E-state index contributed by atoms with van der Waals surface area (Å²) in [6, 6.07) is 6.12. The summed E-state index contributed by atoms with van der Waals surface area (Å²) in [4.78, 5) is 0. The van der Waals surface area contributed by atoms with Gasteiger partial charge in [-0.3, -0.25) is 0 Å². The van der Waals surface area contributed by atoms with E-state index in [4.69, 9.17) is 9.47 Å². The highest BCUT2D eigenvalue weighted by Gasteiger charge is 2.14. The van der Waals surface area contributed by atoms with Crippen molar-refractivity contribution in [2.45, 2.75) is 32.4 Å². The highest BCUT2D eigenvalue weighted by molar-refractivity contribution is 9.10. The van der Waals surface area contributed by atoms with Gasteiger partial charge in [0.25, 0.3) is 0 Å². The molecule has 18 heavy (non-hydrogen) atoms. The summed E-state index contributed by atoms with van der Waals surface area (Å²) >= 11 is 3.50. The third-order valence-corrected chi connectivity index (χ3v) is 3.53. The Hall–Kier alpha value is -0.580. The van der Waals surface area contributed by atoms with Gasteiger partial charge in [-0.15, -0.1) is 0 Å². The fourth-order valence-electron chi connectivity index (χ4n) is 2.16. The van der Waals surface area contributed by atoms with Gasteiger partial charge in [-0.1, -0.05) is 15.9 Å². The molecular weight excluding hydrogens is 294 g/mol. The van der Waals surface area contributed by atoms with Crippen LogP contribution in [0.25, 0.3) is 0 Å². The molecule has 1 heterocycles. The molecule has 100 valence electrons. The van der Waals surface area contributed by atoms with E-state index in [-0.39, 0.29) is 0 Å². The molecule has 1 N–H and O–H groups in total. The van der Waals surface area contributed by atoms with Gasteiger partial charge in [0.2, 0.25) is 0 Å². The Kier molecular flexibility index (Phi) is 5.47. The first-order chi connectivity index (χ1) is 8.79. The molecule has 1 saturated heterocycles. The molecule has 0 amide bonds. The van der Waals surface area contributed by atoms with Crippen LogP contribution < -0.4 is 10.1 Å². The molecule has 0 aromatic heterocycles. The monoisotopic (exact) mass is 313 g/mol. The van der Waals surface area contributed by atoms with Crippen LogP contribution in [0.4, 0.5) is 0 Å². The molecule has 0 radical (unpaired) electrons. The minimum Gasteiger partial charge on any atom is -0.494 e. The second-order valence-electron chi connectivity index (χ2n) is 4.45. The zero-order chi connectivity index (χ0) is 12.8. The predicted molar refractivity (Wildman–Crippen MR) is 76.0 cm³/mol. The van der Waals surface area contributed by atoms with Crippen LogP contribution in [0, 0.1) is 0 Å². The summed E-state index contributed by atoms with van der Waals surface area (Å²) in [5.74, 6) is 0.959. The molecule has 1 atom stereocenters. The van der Waals surface area contributed by atoms with Crippen LogP contribution in [-0.4, -0.2) is 25.9 Å². The number of hydrogen-bond donors (Lipinski definition) is 1. The molecule has 4 heteroatoms. The van der Waals surface area contributed by atoms with Crippen molar-refractivity contribution in [2.24, 2.45) is 0 Å². The van der Waals surface area contributed by atoms with Gasteiger partial charge in [-0.25, -0.2) is 0 Å². The summed E-state index contributed by atoms with van der Waals surface area (Å²) in [5.41, 5.74) is 1.18. The highest BCUT2D eigenvalue weighted by Crippen LogP contribution is 2.23. The lowest BCUT2D eigenvalue weighted by Gasteiger charge is -2.14. The van der Waals surface area contributed by atoms with Crippen molar-refractivity contribution in [3.63, 3.8) is 0 Å². The van der Waals surface area contributed by atoms with Crippen LogP contribution in [-0.2, 0) is 11.3 Å². The molecule has 0 saturated carbocycles. The lowest BCUT2D eigenvalue weighted by atomic mass is 10.2. The van der Waals surface area contributed by atoms with Crippen molar-refractivity contribution in [1.82, 2.24) is 5.32 Å². The van der Waals surface area contributed by atoms with Crippen molar-refractivity contribution in [2.75, 3.05) is 19.8 Å². The van der Waals surface area contributed by atoms with E-state index >= 15 is 0 Å². The van der Waals surface area contributed by atoms with E-state index < -0.39 is 0 Å². The van der Waals surface area contributed by atoms with E-state index in [0.29, 0.717) is 12.7 Å². The molecule has 0 aliphatic carbocycles. The largest absolute Gasteiger partial charge is 0.494 e. The van der Waals surface area contributed by atoms with Gasteiger partial charge < -0.3 is 14.8 Å². The maximum atomic E-state index is 5.62. The van der Waals surface area contributed by atoms with E-state index in [1.54, 1.807) is 0 Å². The minimum absolute atomic E-state index is 0.382. The van der Waals surface area contributed by atoms with Crippen molar-refractivity contribution in [3.8, 4) is 5.75 Å². The van der Waals surface area contributed by atoms with Gasteiger partial charge in [-0.2, -0.15) is 0 Å². The fraction of sp³-hybridized carbons (Fsp3) is 0.571. The van der Waals surface area contributed by atoms with E-state index in [2.05, 4.69) is 27.3 Å². The molecule has 1 aromatic rings. The van der Waals surface area contributed by atoms with E-state index in [0.717, 1.165) is 29.9 Å². The fourth-order valence-corrected chi connectivity index (χ4v) is 2.56. The number of halogens is 1. The number of rotatable bonds is 6. The average Bonchev–Trinajstić information content (AvgIpc) is 2.86. The number of ether oxygens (including phenoxy) is 2. The molecule has 0 bridgehead atoms. The molecule has 1 aliphatic rings. The standard InChI is InChI=1S/C14H20BrNO2/c1-2-17-14-6-5-12(15)8-11(14)9-16-10-13-4-3-7-18-13/h5-6,8,13,16H,2-4,7,9-10H2,1H3/t13-/m0/s1. The molecule has 1 aromatic carbocycles. The third kappa shape index (κ3) is 3.97. The first-order valence-electron chi connectivity index (χ1n) is 6.53. The normalized spacial score (nSPS) is 19.1. The topological polar surface area (TPSA) is 30.5 Å². The van der Waals surface area contributed by atoms with Crippen molar-refractivity contribution in [1.29, 1.82) is 0 Å². The molecule has 0 spiro atoms. The van der Waals surface area contributed by atoms with Crippen LogP contribution >= 0.6 is 15.9 Å². The van der Waals surface area contributed by atoms with E-state index in [1.165, 1.54) is 18.4 Å². The molecule has 0 unspecified atom stereocenters. The quantitative estimate of drug-likeness (QED) is 0.875. The zero-order valence-corrected chi connectivity index (χ0v) is 12.3. The molecule has 2 rings (SSSR count). The number of hydrogen-bond acceptors (Lipinski definition) is 3. The average molecular weight is 314 g/mol. The molecule has 1 fully saturated rings. The maximum Gasteiger partial charge on any atom is 0.123 e. The van der Waals surface area contributed by atoms with Crippen LogP contribution in [0.1, 0.15) is 25.3 Å². The number of benzene rings is 1. The summed E-state index contributed by atoms with van der Waals surface area (Å²) in [5, 5.41) is 3.44. The lowest BCUT2D eigenvalue weighted by Crippen LogP contribution is -2.26. The van der Waals surface area contributed by atoms with Gasteiger partial charge in [-0.05, 0) is 38.0 Å². The second kappa shape index (κ2) is 7.12. The number of nitrogens with one attached hydrogen (secondary N) is 1. The SMILES string of the molecule is CCOc1ccc(Br)cc1CNC[C@@H]1CCCO1. The van der Waals surface area contributed by atoms with E-state index in [1.807, 2.05) is 19.1 Å². The summed E-state index contributed by atoms with van der Waals surface area (Å²) < 4.78 is 12.3. The van der Waals surface area contributed by atoms with Crippen LogP contribution in [0.5, 0.6) is 5.75 Å². The second-order valence-corrected chi connectivity index (χ2v) is 5.37. The van der Waals surface area contributed by atoms with Crippen LogP contribution in [0.2, 0.25) is 0 Å². The minimum atomic E-state index is 0.382. The first kappa shape index (κ1) is 13.8. The van der Waals surface area contributed by atoms with Crippen molar-refractivity contribution >= 4 is 15.9 Å².